The van der Waals surface area contributed by atoms with Gasteiger partial charge in [-0.3, -0.25) is 4.79 Å². The van der Waals surface area contributed by atoms with Gasteiger partial charge in [0.25, 0.3) is 5.91 Å². The average molecular weight is 294 g/mol. The number of hydrogen-bond donors (Lipinski definition) is 1. The number of rotatable bonds is 3. The van der Waals surface area contributed by atoms with Crippen molar-refractivity contribution < 1.29 is 4.79 Å². The fourth-order valence-electron chi connectivity index (χ4n) is 2.21. The van der Waals surface area contributed by atoms with E-state index in [0.717, 1.165) is 16.0 Å². The van der Waals surface area contributed by atoms with Gasteiger partial charge < -0.3 is 5.32 Å². The predicted octanol–water partition coefficient (Wildman–Crippen LogP) is 4.37. The highest BCUT2D eigenvalue weighted by molar-refractivity contribution is 7.10. The van der Waals surface area contributed by atoms with Crippen molar-refractivity contribution in [2.75, 3.05) is 5.32 Å². The highest BCUT2D eigenvalue weighted by atomic mass is 32.1. The van der Waals surface area contributed by atoms with E-state index < -0.39 is 0 Å². The maximum atomic E-state index is 12.5. The van der Waals surface area contributed by atoms with Crippen molar-refractivity contribution in [3.05, 3.63) is 70.5 Å². The zero-order chi connectivity index (χ0) is 14.7. The molecule has 21 heavy (non-hydrogen) atoms. The predicted molar refractivity (Wildman–Crippen MR) is 86.7 cm³/mol. The number of thiophene rings is 1. The molecule has 1 N–H and O–H groups in total. The lowest BCUT2D eigenvalue weighted by Crippen LogP contribution is -2.13. The zero-order valence-electron chi connectivity index (χ0n) is 11.5. The summed E-state index contributed by atoms with van der Waals surface area (Å²) in [5.74, 6) is 0.433. The van der Waals surface area contributed by atoms with Crippen molar-refractivity contribution in [2.45, 2.75) is 6.92 Å². The molecule has 1 amide bonds. The highest BCUT2D eigenvalue weighted by Crippen LogP contribution is 2.32. The number of hydrogen-bond acceptors (Lipinski definition) is 3. The molecule has 0 aliphatic rings. The Hall–Kier alpha value is -2.46. The number of carbonyl (C=O) groups is 1. The van der Waals surface area contributed by atoms with E-state index in [4.69, 9.17) is 0 Å². The summed E-state index contributed by atoms with van der Waals surface area (Å²) in [5, 5.41) is 4.74. The van der Waals surface area contributed by atoms with Crippen LogP contribution in [0.2, 0.25) is 0 Å². The Kier molecular flexibility index (Phi) is 3.79. The summed E-state index contributed by atoms with van der Waals surface area (Å²) in [6.45, 7) is 2.03. The summed E-state index contributed by atoms with van der Waals surface area (Å²) in [4.78, 5) is 17.7. The molecule has 0 saturated heterocycles. The normalized spacial score (nSPS) is 10.3. The number of benzene rings is 1. The lowest BCUT2D eigenvalue weighted by Gasteiger charge is -2.07. The van der Waals surface area contributed by atoms with Gasteiger partial charge in [0.05, 0.1) is 5.56 Å². The van der Waals surface area contributed by atoms with Gasteiger partial charge >= 0.3 is 0 Å². The van der Waals surface area contributed by atoms with Crippen LogP contribution in [0.25, 0.3) is 11.1 Å². The summed E-state index contributed by atoms with van der Waals surface area (Å²) >= 11 is 1.58. The van der Waals surface area contributed by atoms with Crippen LogP contribution in [0.15, 0.2) is 60.1 Å². The Balaban J connectivity index is 1.95. The summed E-state index contributed by atoms with van der Waals surface area (Å²) in [6.07, 6.45) is 1.66. The lowest BCUT2D eigenvalue weighted by atomic mass is 10.0. The monoisotopic (exact) mass is 294 g/mol. The smallest absolute Gasteiger partial charge is 0.258 e. The van der Waals surface area contributed by atoms with Crippen LogP contribution in [0, 0.1) is 6.92 Å². The summed E-state index contributed by atoms with van der Waals surface area (Å²) in [5.41, 5.74) is 2.74. The van der Waals surface area contributed by atoms with E-state index in [1.54, 1.807) is 23.6 Å². The quantitative estimate of drug-likeness (QED) is 0.779. The molecule has 0 unspecified atom stereocenters. The van der Waals surface area contributed by atoms with Crippen LogP contribution in [0.4, 0.5) is 5.82 Å². The fourth-order valence-corrected chi connectivity index (χ4v) is 3.07. The van der Waals surface area contributed by atoms with Gasteiger partial charge in [-0.15, -0.1) is 11.3 Å². The molecule has 0 radical (unpaired) electrons. The molecule has 3 rings (SSSR count). The van der Waals surface area contributed by atoms with E-state index in [1.165, 1.54) is 0 Å². The molecule has 0 atom stereocenters. The molecule has 0 saturated carbocycles. The molecule has 3 nitrogen and oxygen atoms in total. The first-order chi connectivity index (χ1) is 10.3. The third kappa shape index (κ3) is 2.85. The number of carbonyl (C=O) groups excluding carboxylic acids is 1. The van der Waals surface area contributed by atoms with Gasteiger partial charge in [-0.2, -0.15) is 0 Å². The average Bonchev–Trinajstić information content (AvgIpc) is 2.91. The standard InChI is InChI=1S/C17H14N2OS/c1-12-16(13-7-3-2-4-8-13)14(11-21-12)17(20)19-15-9-5-6-10-18-15/h2-11H,1H3,(H,18,19,20). The van der Waals surface area contributed by atoms with Crippen LogP contribution >= 0.6 is 11.3 Å². The highest BCUT2D eigenvalue weighted by Gasteiger charge is 2.17. The molecule has 0 bridgehead atoms. The molecule has 1 aromatic carbocycles. The third-order valence-electron chi connectivity index (χ3n) is 3.19. The van der Waals surface area contributed by atoms with E-state index in [1.807, 2.05) is 54.8 Å². The number of pyridine rings is 1. The zero-order valence-corrected chi connectivity index (χ0v) is 12.4. The van der Waals surface area contributed by atoms with Crippen LogP contribution in [0.1, 0.15) is 15.2 Å². The van der Waals surface area contributed by atoms with E-state index in [0.29, 0.717) is 11.4 Å². The largest absolute Gasteiger partial charge is 0.307 e. The maximum absolute atomic E-state index is 12.5. The van der Waals surface area contributed by atoms with Crippen molar-refractivity contribution in [1.29, 1.82) is 0 Å². The van der Waals surface area contributed by atoms with Crippen LogP contribution in [0.3, 0.4) is 0 Å². The first kappa shape index (κ1) is 13.5. The van der Waals surface area contributed by atoms with E-state index in [9.17, 15) is 4.79 Å². The summed E-state index contributed by atoms with van der Waals surface area (Å²) in [7, 11) is 0. The minimum atomic E-state index is -0.128. The van der Waals surface area contributed by atoms with Crippen molar-refractivity contribution in [2.24, 2.45) is 0 Å². The number of aryl methyl sites for hydroxylation is 1. The minimum Gasteiger partial charge on any atom is -0.307 e. The Bertz CT molecular complexity index is 751. The minimum absolute atomic E-state index is 0.128. The van der Waals surface area contributed by atoms with Crippen LogP contribution in [0.5, 0.6) is 0 Å². The molecule has 0 spiro atoms. The van der Waals surface area contributed by atoms with Crippen molar-refractivity contribution in [3.63, 3.8) is 0 Å². The Labute approximate surface area is 127 Å². The number of nitrogens with zero attached hydrogens (tertiary/aromatic N) is 1. The van der Waals surface area contributed by atoms with Gasteiger partial charge in [0, 0.05) is 22.0 Å². The number of nitrogens with one attached hydrogen (secondary N) is 1. The molecular weight excluding hydrogens is 280 g/mol. The van der Waals surface area contributed by atoms with E-state index in [-0.39, 0.29) is 5.91 Å². The third-order valence-corrected chi connectivity index (χ3v) is 4.10. The van der Waals surface area contributed by atoms with Gasteiger partial charge in [0.2, 0.25) is 0 Å². The Morgan fingerprint density at radius 3 is 2.57 bits per heavy atom. The second-order valence-electron chi connectivity index (χ2n) is 4.62. The molecule has 4 heteroatoms. The second-order valence-corrected chi connectivity index (χ2v) is 5.70. The van der Waals surface area contributed by atoms with Crippen LogP contribution in [-0.2, 0) is 0 Å². The molecule has 0 aliphatic heterocycles. The van der Waals surface area contributed by atoms with Gasteiger partial charge in [0.15, 0.2) is 0 Å². The van der Waals surface area contributed by atoms with Crippen molar-refractivity contribution >= 4 is 23.1 Å². The van der Waals surface area contributed by atoms with Crippen molar-refractivity contribution in [3.8, 4) is 11.1 Å². The van der Waals surface area contributed by atoms with Gasteiger partial charge in [-0.1, -0.05) is 36.4 Å². The summed E-state index contributed by atoms with van der Waals surface area (Å²) in [6, 6.07) is 15.4. The SMILES string of the molecule is Cc1scc(C(=O)Nc2ccccn2)c1-c1ccccc1. The molecule has 0 fully saturated rings. The first-order valence-electron chi connectivity index (χ1n) is 6.61. The maximum Gasteiger partial charge on any atom is 0.258 e. The molecular formula is C17H14N2OS. The van der Waals surface area contributed by atoms with Gasteiger partial charge in [-0.05, 0) is 24.6 Å². The van der Waals surface area contributed by atoms with Crippen molar-refractivity contribution in [1.82, 2.24) is 4.98 Å². The first-order valence-corrected chi connectivity index (χ1v) is 7.49. The molecule has 2 heterocycles. The Morgan fingerprint density at radius 1 is 1.10 bits per heavy atom. The lowest BCUT2D eigenvalue weighted by molar-refractivity contribution is 0.102. The van der Waals surface area contributed by atoms with Gasteiger partial charge in [0.1, 0.15) is 5.82 Å². The van der Waals surface area contributed by atoms with Gasteiger partial charge in [-0.25, -0.2) is 4.98 Å². The van der Waals surface area contributed by atoms with Crippen LogP contribution < -0.4 is 5.32 Å². The molecule has 3 aromatic rings. The summed E-state index contributed by atoms with van der Waals surface area (Å²) < 4.78 is 0. The van der Waals surface area contributed by atoms with Crippen LogP contribution in [-0.4, -0.2) is 10.9 Å². The topological polar surface area (TPSA) is 42.0 Å². The second kappa shape index (κ2) is 5.89. The number of amides is 1. The Morgan fingerprint density at radius 2 is 1.86 bits per heavy atom. The molecule has 2 aromatic heterocycles. The fraction of sp³-hybridized carbons (Fsp3) is 0.0588. The number of aromatic nitrogens is 1. The molecule has 0 aliphatic carbocycles. The van der Waals surface area contributed by atoms with E-state index >= 15 is 0 Å². The number of anilines is 1. The molecule has 104 valence electrons. The van der Waals surface area contributed by atoms with E-state index in [2.05, 4.69) is 10.3 Å².